The number of fused-ring (bicyclic) bond motifs is 4. The highest BCUT2D eigenvalue weighted by atomic mass is 32.2. The Balaban J connectivity index is 1.61. The first-order valence-corrected chi connectivity index (χ1v) is 11.4. The fourth-order valence-corrected chi connectivity index (χ4v) is 4.42. The Hall–Kier alpha value is -3.46. The average molecular weight is 421 g/mol. The number of hydrogen-bond donors (Lipinski definition) is 3. The standard InChI is InChI=1S/C21H19N5O3S/c1-30(28,29)14-7-8-15-16-11-22-26-20(16)21(25-18(15)10-14)23-13-6-5-12-3-2-4-19(27)24-17(12)9-13/h5-11H,2-4H2,1H3,(H,22,26)(H,23,25)(H,24,27). The van der Waals surface area contributed by atoms with Crippen molar-refractivity contribution in [2.45, 2.75) is 24.2 Å². The number of nitrogens with zero attached hydrogens (tertiary/aromatic N) is 2. The molecule has 0 radical (unpaired) electrons. The lowest BCUT2D eigenvalue weighted by atomic mass is 10.1. The number of hydrogen-bond acceptors (Lipinski definition) is 6. The molecule has 2 aromatic heterocycles. The van der Waals surface area contributed by atoms with Crippen molar-refractivity contribution in [1.82, 2.24) is 15.2 Å². The predicted octanol–water partition coefficient (Wildman–Crippen LogP) is 3.53. The van der Waals surface area contributed by atoms with Gasteiger partial charge in [-0.05, 0) is 42.7 Å². The van der Waals surface area contributed by atoms with Crippen molar-refractivity contribution in [1.29, 1.82) is 0 Å². The number of anilines is 3. The Morgan fingerprint density at radius 3 is 2.77 bits per heavy atom. The van der Waals surface area contributed by atoms with Crippen molar-refractivity contribution in [3.63, 3.8) is 0 Å². The fraction of sp³-hybridized carbons (Fsp3) is 0.190. The van der Waals surface area contributed by atoms with Crippen LogP contribution >= 0.6 is 0 Å². The molecule has 0 atom stereocenters. The summed E-state index contributed by atoms with van der Waals surface area (Å²) in [5, 5.41) is 15.0. The van der Waals surface area contributed by atoms with Gasteiger partial charge < -0.3 is 10.6 Å². The topological polar surface area (TPSA) is 117 Å². The van der Waals surface area contributed by atoms with Gasteiger partial charge in [0.25, 0.3) is 0 Å². The van der Waals surface area contributed by atoms with E-state index in [-0.39, 0.29) is 10.8 Å². The van der Waals surface area contributed by atoms with Crippen LogP contribution in [0.5, 0.6) is 0 Å². The van der Waals surface area contributed by atoms with E-state index in [9.17, 15) is 13.2 Å². The van der Waals surface area contributed by atoms with Crippen LogP contribution in [0.25, 0.3) is 21.8 Å². The molecule has 3 heterocycles. The molecule has 2 aromatic carbocycles. The van der Waals surface area contributed by atoms with Gasteiger partial charge in [0, 0.05) is 34.8 Å². The van der Waals surface area contributed by atoms with E-state index in [1.54, 1.807) is 24.4 Å². The van der Waals surface area contributed by atoms with E-state index in [1.165, 1.54) is 6.26 Å². The summed E-state index contributed by atoms with van der Waals surface area (Å²) in [6, 6.07) is 10.7. The Bertz CT molecular complexity index is 1430. The minimum absolute atomic E-state index is 0.0130. The van der Waals surface area contributed by atoms with Crippen LogP contribution in [0, 0.1) is 0 Å². The molecule has 30 heavy (non-hydrogen) atoms. The van der Waals surface area contributed by atoms with Crippen molar-refractivity contribution < 1.29 is 13.2 Å². The van der Waals surface area contributed by atoms with Crippen LogP contribution in [0.1, 0.15) is 18.4 Å². The average Bonchev–Trinajstić information content (AvgIpc) is 3.11. The third-order valence-electron chi connectivity index (χ3n) is 5.29. The molecule has 0 saturated heterocycles. The number of rotatable bonds is 3. The smallest absolute Gasteiger partial charge is 0.224 e. The minimum Gasteiger partial charge on any atom is -0.338 e. The molecule has 0 aliphatic carbocycles. The van der Waals surface area contributed by atoms with E-state index >= 15 is 0 Å². The van der Waals surface area contributed by atoms with Crippen LogP contribution in [0.15, 0.2) is 47.5 Å². The summed E-state index contributed by atoms with van der Waals surface area (Å²) in [6.07, 6.45) is 5.06. The number of amides is 1. The van der Waals surface area contributed by atoms with Gasteiger partial charge in [0.15, 0.2) is 15.7 Å². The first-order valence-electron chi connectivity index (χ1n) is 9.55. The molecule has 5 rings (SSSR count). The third-order valence-corrected chi connectivity index (χ3v) is 6.40. The number of sulfone groups is 1. The minimum atomic E-state index is -3.35. The Morgan fingerprint density at radius 2 is 1.93 bits per heavy atom. The number of carbonyl (C=O) groups is 1. The zero-order valence-corrected chi connectivity index (χ0v) is 17.0. The zero-order valence-electron chi connectivity index (χ0n) is 16.2. The number of nitrogens with one attached hydrogen (secondary N) is 3. The molecule has 9 heteroatoms. The number of aromatic nitrogens is 3. The largest absolute Gasteiger partial charge is 0.338 e. The van der Waals surface area contributed by atoms with Gasteiger partial charge in [-0.2, -0.15) is 5.10 Å². The van der Waals surface area contributed by atoms with Crippen molar-refractivity contribution in [3.05, 3.63) is 48.2 Å². The maximum Gasteiger partial charge on any atom is 0.224 e. The number of aromatic amines is 1. The van der Waals surface area contributed by atoms with Crippen LogP contribution in [0.3, 0.4) is 0 Å². The first kappa shape index (κ1) is 18.6. The van der Waals surface area contributed by atoms with E-state index in [4.69, 9.17) is 0 Å². The molecule has 152 valence electrons. The van der Waals surface area contributed by atoms with E-state index in [1.807, 2.05) is 18.2 Å². The molecular weight excluding hydrogens is 402 g/mol. The molecular formula is C21H19N5O3S. The van der Waals surface area contributed by atoms with Gasteiger partial charge in [-0.25, -0.2) is 13.4 Å². The molecule has 1 amide bonds. The third kappa shape index (κ3) is 3.26. The zero-order chi connectivity index (χ0) is 20.9. The highest BCUT2D eigenvalue weighted by Gasteiger charge is 2.16. The molecule has 0 spiro atoms. The lowest BCUT2D eigenvalue weighted by molar-refractivity contribution is -0.116. The summed E-state index contributed by atoms with van der Waals surface area (Å²) in [4.78, 5) is 16.8. The van der Waals surface area contributed by atoms with Gasteiger partial charge in [0.2, 0.25) is 5.91 Å². The summed E-state index contributed by atoms with van der Waals surface area (Å²) >= 11 is 0. The van der Waals surface area contributed by atoms with Crippen molar-refractivity contribution in [2.75, 3.05) is 16.9 Å². The normalized spacial score (nSPS) is 14.4. The lowest BCUT2D eigenvalue weighted by Crippen LogP contribution is -2.09. The summed E-state index contributed by atoms with van der Waals surface area (Å²) in [6.45, 7) is 0. The fourth-order valence-electron chi connectivity index (χ4n) is 3.78. The lowest BCUT2D eigenvalue weighted by Gasteiger charge is -2.12. The molecule has 8 nitrogen and oxygen atoms in total. The Labute approximate surface area is 172 Å². The number of pyridine rings is 1. The van der Waals surface area contributed by atoms with Crippen molar-refractivity contribution >= 4 is 54.7 Å². The molecule has 0 bridgehead atoms. The number of carbonyl (C=O) groups excluding carboxylic acids is 1. The molecule has 4 aromatic rings. The maximum absolute atomic E-state index is 12.0. The van der Waals surface area contributed by atoms with E-state index in [0.717, 1.165) is 40.6 Å². The van der Waals surface area contributed by atoms with E-state index < -0.39 is 9.84 Å². The molecule has 3 N–H and O–H groups in total. The summed E-state index contributed by atoms with van der Waals surface area (Å²) < 4.78 is 23.9. The quantitative estimate of drug-likeness (QED) is 0.466. The molecule has 0 saturated carbocycles. The molecule has 0 fully saturated rings. The summed E-state index contributed by atoms with van der Waals surface area (Å²) in [5.41, 5.74) is 3.93. The SMILES string of the molecule is CS(=O)(=O)c1ccc2c(c1)nc(Nc1ccc3c(c1)NC(=O)CCC3)c1[nH]ncc12. The number of benzene rings is 2. The first-order chi connectivity index (χ1) is 14.4. The second kappa shape index (κ2) is 6.81. The van der Waals surface area contributed by atoms with Crippen LogP contribution in [0.4, 0.5) is 17.2 Å². The van der Waals surface area contributed by atoms with Gasteiger partial charge in [0.1, 0.15) is 5.52 Å². The number of aryl methyl sites for hydroxylation is 1. The van der Waals surface area contributed by atoms with Gasteiger partial charge >= 0.3 is 0 Å². The second-order valence-corrected chi connectivity index (χ2v) is 9.48. The van der Waals surface area contributed by atoms with Crippen LogP contribution in [-0.2, 0) is 21.1 Å². The molecule has 0 unspecified atom stereocenters. The second-order valence-electron chi connectivity index (χ2n) is 7.47. The monoisotopic (exact) mass is 421 g/mol. The van der Waals surface area contributed by atoms with Gasteiger partial charge in [0.05, 0.1) is 16.6 Å². The number of H-pyrrole nitrogens is 1. The Kier molecular flexibility index (Phi) is 4.21. The molecule has 1 aliphatic heterocycles. The summed E-state index contributed by atoms with van der Waals surface area (Å²) in [7, 11) is -3.35. The van der Waals surface area contributed by atoms with Crippen molar-refractivity contribution in [3.8, 4) is 0 Å². The summed E-state index contributed by atoms with van der Waals surface area (Å²) in [5.74, 6) is 0.541. The highest BCUT2D eigenvalue weighted by molar-refractivity contribution is 7.90. The van der Waals surface area contributed by atoms with E-state index in [2.05, 4.69) is 25.8 Å². The van der Waals surface area contributed by atoms with Crippen LogP contribution < -0.4 is 10.6 Å². The van der Waals surface area contributed by atoms with Crippen LogP contribution in [0.2, 0.25) is 0 Å². The van der Waals surface area contributed by atoms with Gasteiger partial charge in [-0.15, -0.1) is 0 Å². The van der Waals surface area contributed by atoms with Crippen molar-refractivity contribution in [2.24, 2.45) is 0 Å². The highest BCUT2D eigenvalue weighted by Crippen LogP contribution is 2.32. The van der Waals surface area contributed by atoms with Gasteiger partial charge in [-0.3, -0.25) is 9.89 Å². The Morgan fingerprint density at radius 1 is 1.07 bits per heavy atom. The predicted molar refractivity (Wildman–Crippen MR) is 116 cm³/mol. The maximum atomic E-state index is 12.0. The van der Waals surface area contributed by atoms with E-state index in [0.29, 0.717) is 23.3 Å². The molecule has 1 aliphatic rings. The van der Waals surface area contributed by atoms with Crippen LogP contribution in [-0.4, -0.2) is 35.8 Å². The van der Waals surface area contributed by atoms with Gasteiger partial charge in [-0.1, -0.05) is 12.1 Å².